The maximum absolute atomic E-state index is 13.1. The predicted octanol–water partition coefficient (Wildman–Crippen LogP) is 5.38. The Hall–Kier alpha value is -4.34. The topological polar surface area (TPSA) is 114 Å². The summed E-state index contributed by atoms with van der Waals surface area (Å²) >= 11 is 12.1. The molecule has 3 aromatic rings. The Bertz CT molecular complexity index is 1500. The summed E-state index contributed by atoms with van der Waals surface area (Å²) in [5, 5.41) is 5.73. The average molecular weight is 568 g/mol. The van der Waals surface area contributed by atoms with Gasteiger partial charge in [0.25, 0.3) is 17.7 Å². The number of nitrogens with one attached hydrogen (secondary N) is 2. The van der Waals surface area contributed by atoms with Crippen LogP contribution in [-0.4, -0.2) is 37.0 Å². The zero-order valence-electron chi connectivity index (χ0n) is 20.9. The Balaban J connectivity index is 1.53. The monoisotopic (exact) mass is 567 g/mol. The molecule has 0 aliphatic carbocycles. The third kappa shape index (κ3) is 6.57. The number of carbonyl (C=O) groups is 4. The van der Waals surface area contributed by atoms with E-state index in [2.05, 4.69) is 10.6 Å². The Morgan fingerprint density at radius 3 is 2.51 bits per heavy atom. The van der Waals surface area contributed by atoms with E-state index in [1.165, 1.54) is 18.2 Å². The van der Waals surface area contributed by atoms with Crippen molar-refractivity contribution >= 4 is 64.4 Å². The highest BCUT2D eigenvalue weighted by Gasteiger charge is 2.36. The molecule has 0 saturated carbocycles. The minimum absolute atomic E-state index is 0.216. The molecule has 2 N–H and O–H groups in total. The number of urea groups is 1. The highest BCUT2D eigenvalue weighted by Crippen LogP contribution is 2.31. The van der Waals surface area contributed by atoms with Gasteiger partial charge in [-0.1, -0.05) is 41.4 Å². The second-order valence-corrected chi connectivity index (χ2v) is 9.22. The van der Waals surface area contributed by atoms with Gasteiger partial charge in [0, 0.05) is 15.7 Å². The minimum atomic E-state index is -0.880. The van der Waals surface area contributed by atoms with E-state index in [0.717, 1.165) is 10.5 Å². The van der Waals surface area contributed by atoms with Crippen molar-refractivity contribution in [3.05, 3.63) is 87.4 Å². The van der Waals surface area contributed by atoms with Crippen molar-refractivity contribution in [2.75, 3.05) is 23.4 Å². The number of nitrogens with zero attached hydrogens (tertiary/aromatic N) is 1. The summed E-state index contributed by atoms with van der Waals surface area (Å²) in [6.45, 7) is 3.62. The van der Waals surface area contributed by atoms with Gasteiger partial charge < -0.3 is 14.8 Å². The van der Waals surface area contributed by atoms with E-state index in [1.807, 2.05) is 6.92 Å². The number of hydrogen-bond donors (Lipinski definition) is 2. The quantitative estimate of drug-likeness (QED) is 0.279. The molecule has 0 spiro atoms. The number of aryl methyl sites for hydroxylation is 1. The lowest BCUT2D eigenvalue weighted by atomic mass is 10.1. The van der Waals surface area contributed by atoms with E-state index in [4.69, 9.17) is 32.7 Å². The molecule has 5 amide bonds. The van der Waals surface area contributed by atoms with E-state index in [9.17, 15) is 19.2 Å². The van der Waals surface area contributed by atoms with Crippen molar-refractivity contribution in [3.63, 3.8) is 0 Å². The average Bonchev–Trinajstić information content (AvgIpc) is 2.88. The number of hydrogen-bond acceptors (Lipinski definition) is 6. The van der Waals surface area contributed by atoms with E-state index in [-0.39, 0.29) is 23.6 Å². The van der Waals surface area contributed by atoms with Crippen LogP contribution in [0, 0.1) is 6.92 Å². The van der Waals surface area contributed by atoms with Crippen LogP contribution in [0.3, 0.4) is 0 Å². The van der Waals surface area contributed by atoms with Crippen molar-refractivity contribution in [2.45, 2.75) is 13.8 Å². The molecular formula is C28H23Cl2N3O6. The van der Waals surface area contributed by atoms with Gasteiger partial charge in [-0.2, -0.15) is 0 Å². The molecule has 0 unspecified atom stereocenters. The highest BCUT2D eigenvalue weighted by molar-refractivity contribution is 6.39. The normalized spacial score (nSPS) is 14.3. The number of ether oxygens (including phenoxy) is 2. The molecule has 1 aliphatic rings. The first-order valence-corrected chi connectivity index (χ1v) is 12.5. The summed E-state index contributed by atoms with van der Waals surface area (Å²) in [5.41, 5.74) is 1.81. The molecule has 1 aliphatic heterocycles. The molecule has 11 heteroatoms. The lowest BCUT2D eigenvalue weighted by Gasteiger charge is -2.26. The van der Waals surface area contributed by atoms with E-state index in [1.54, 1.807) is 55.5 Å². The zero-order chi connectivity index (χ0) is 28.1. The molecule has 4 rings (SSSR count). The van der Waals surface area contributed by atoms with Crippen LogP contribution >= 0.6 is 23.2 Å². The van der Waals surface area contributed by atoms with Crippen LogP contribution in [0.5, 0.6) is 11.5 Å². The molecule has 0 atom stereocenters. The van der Waals surface area contributed by atoms with Gasteiger partial charge in [0.1, 0.15) is 5.57 Å². The molecule has 0 aromatic heterocycles. The fraction of sp³-hybridized carbons (Fsp3) is 0.143. The Morgan fingerprint density at radius 2 is 1.79 bits per heavy atom. The van der Waals surface area contributed by atoms with Crippen LogP contribution in [0.15, 0.2) is 66.2 Å². The lowest BCUT2D eigenvalue weighted by molar-refractivity contribution is -0.122. The van der Waals surface area contributed by atoms with Gasteiger partial charge in [0.15, 0.2) is 18.1 Å². The molecular weight excluding hydrogens is 545 g/mol. The summed E-state index contributed by atoms with van der Waals surface area (Å²) in [6.07, 6.45) is 1.34. The Kier molecular flexibility index (Phi) is 8.53. The number of rotatable bonds is 8. The predicted molar refractivity (Wildman–Crippen MR) is 148 cm³/mol. The van der Waals surface area contributed by atoms with Crippen molar-refractivity contribution in [3.8, 4) is 11.5 Å². The van der Waals surface area contributed by atoms with Crippen LogP contribution in [0.25, 0.3) is 6.08 Å². The molecule has 1 heterocycles. The van der Waals surface area contributed by atoms with Crippen LogP contribution in [-0.2, 0) is 14.4 Å². The van der Waals surface area contributed by atoms with E-state index < -0.39 is 23.8 Å². The molecule has 9 nitrogen and oxygen atoms in total. The number of imide groups is 2. The lowest BCUT2D eigenvalue weighted by Crippen LogP contribution is -2.54. The molecule has 1 saturated heterocycles. The second-order valence-electron chi connectivity index (χ2n) is 8.38. The van der Waals surface area contributed by atoms with Crippen molar-refractivity contribution in [2.24, 2.45) is 0 Å². The number of amides is 5. The van der Waals surface area contributed by atoms with Crippen LogP contribution in [0.1, 0.15) is 18.1 Å². The van der Waals surface area contributed by atoms with Crippen molar-refractivity contribution < 1.29 is 28.7 Å². The fourth-order valence-corrected chi connectivity index (χ4v) is 4.05. The maximum Gasteiger partial charge on any atom is 0.335 e. The third-order valence-electron chi connectivity index (χ3n) is 5.56. The molecule has 3 aromatic carbocycles. The zero-order valence-corrected chi connectivity index (χ0v) is 22.4. The first kappa shape index (κ1) is 27.7. The summed E-state index contributed by atoms with van der Waals surface area (Å²) in [5.74, 6) is -1.47. The van der Waals surface area contributed by atoms with E-state index in [0.29, 0.717) is 33.7 Å². The van der Waals surface area contributed by atoms with Crippen molar-refractivity contribution in [1.82, 2.24) is 5.32 Å². The Morgan fingerprint density at radius 1 is 1.00 bits per heavy atom. The third-order valence-corrected chi connectivity index (χ3v) is 6.20. The van der Waals surface area contributed by atoms with E-state index >= 15 is 0 Å². The summed E-state index contributed by atoms with van der Waals surface area (Å²) < 4.78 is 11.3. The smallest absolute Gasteiger partial charge is 0.335 e. The summed E-state index contributed by atoms with van der Waals surface area (Å²) in [4.78, 5) is 51.3. The van der Waals surface area contributed by atoms with Gasteiger partial charge in [-0.25, -0.2) is 9.69 Å². The van der Waals surface area contributed by atoms with Crippen LogP contribution in [0.2, 0.25) is 10.0 Å². The number of anilines is 2. The van der Waals surface area contributed by atoms with Gasteiger partial charge in [0.05, 0.1) is 12.3 Å². The molecule has 0 radical (unpaired) electrons. The fourth-order valence-electron chi connectivity index (χ4n) is 3.69. The van der Waals surface area contributed by atoms with Crippen molar-refractivity contribution in [1.29, 1.82) is 0 Å². The van der Waals surface area contributed by atoms with Gasteiger partial charge in [0.2, 0.25) is 0 Å². The maximum atomic E-state index is 13.1. The molecule has 39 heavy (non-hydrogen) atoms. The first-order valence-electron chi connectivity index (χ1n) is 11.8. The number of benzene rings is 3. The van der Waals surface area contributed by atoms with Gasteiger partial charge in [-0.3, -0.25) is 19.7 Å². The molecule has 1 fully saturated rings. The standard InChI is InChI=1S/C28H23Cl2N3O6/c1-3-38-24-12-17(8-10-23(24)39-15-25(34)31-19-9-7-16(2)22(30)14-19)11-21-26(35)32-28(37)33(27(21)36)20-6-4-5-18(29)13-20/h4-14H,3,15H2,1-2H3,(H,31,34)(H,32,35,37)/b21-11+. The SMILES string of the molecule is CCOc1cc(/C=C2\C(=O)NC(=O)N(c3cccc(Cl)c3)C2=O)ccc1OCC(=O)Nc1ccc(C)c(Cl)c1. The molecule has 0 bridgehead atoms. The first-order chi connectivity index (χ1) is 18.7. The Labute approximate surface area is 234 Å². The number of barbiturate groups is 1. The number of halogens is 2. The minimum Gasteiger partial charge on any atom is -0.490 e. The van der Waals surface area contributed by atoms with Crippen LogP contribution < -0.4 is 25.0 Å². The van der Waals surface area contributed by atoms with Gasteiger partial charge in [-0.05, 0) is 73.5 Å². The van der Waals surface area contributed by atoms with Gasteiger partial charge in [-0.15, -0.1) is 0 Å². The van der Waals surface area contributed by atoms with Crippen LogP contribution in [0.4, 0.5) is 16.2 Å². The number of carbonyl (C=O) groups excluding carboxylic acids is 4. The van der Waals surface area contributed by atoms with Gasteiger partial charge >= 0.3 is 6.03 Å². The molecule has 200 valence electrons. The summed E-state index contributed by atoms with van der Waals surface area (Å²) in [7, 11) is 0. The second kappa shape index (κ2) is 12.0. The largest absolute Gasteiger partial charge is 0.490 e. The summed E-state index contributed by atoms with van der Waals surface area (Å²) in [6, 6.07) is 15.1. The highest BCUT2D eigenvalue weighted by atomic mass is 35.5.